The quantitative estimate of drug-likeness (QED) is 0.896. The highest BCUT2D eigenvalue weighted by molar-refractivity contribution is 7.19. The molecule has 0 amide bonds. The van der Waals surface area contributed by atoms with Crippen molar-refractivity contribution in [3.05, 3.63) is 28.2 Å². The van der Waals surface area contributed by atoms with Crippen LogP contribution >= 0.6 is 22.9 Å². The molecule has 0 bridgehead atoms. The van der Waals surface area contributed by atoms with E-state index in [1.54, 1.807) is 11.3 Å². The Kier molecular flexibility index (Phi) is 3.24. The lowest BCUT2D eigenvalue weighted by molar-refractivity contribution is 0.592. The van der Waals surface area contributed by atoms with Crippen molar-refractivity contribution in [2.75, 3.05) is 6.54 Å². The van der Waals surface area contributed by atoms with Gasteiger partial charge in [0.05, 0.1) is 20.2 Å². The number of benzene rings is 1. The molecule has 0 saturated carbocycles. The number of halogens is 1. The number of hydrogen-bond acceptors (Lipinski definition) is 3. The lowest BCUT2D eigenvalue weighted by atomic mass is 10.1. The maximum atomic E-state index is 6.09. The normalized spacial score (nSPS) is 13.3. The highest BCUT2D eigenvalue weighted by Crippen LogP contribution is 2.29. The molecule has 2 nitrogen and oxygen atoms in total. The van der Waals surface area contributed by atoms with Crippen molar-refractivity contribution in [1.82, 2.24) is 4.98 Å². The smallest absolute Gasteiger partial charge is 0.0942 e. The number of thiazole rings is 1. The van der Waals surface area contributed by atoms with Gasteiger partial charge < -0.3 is 5.73 Å². The van der Waals surface area contributed by atoms with E-state index < -0.39 is 0 Å². The van der Waals surface area contributed by atoms with Crippen molar-refractivity contribution in [3.63, 3.8) is 0 Å². The van der Waals surface area contributed by atoms with Crippen molar-refractivity contribution >= 4 is 33.2 Å². The van der Waals surface area contributed by atoms with Crippen LogP contribution in [0.15, 0.2) is 18.2 Å². The molecule has 0 spiro atoms. The second-order valence-corrected chi connectivity index (χ2v) is 5.23. The van der Waals surface area contributed by atoms with E-state index in [2.05, 4.69) is 11.9 Å². The summed E-state index contributed by atoms with van der Waals surface area (Å²) in [4.78, 5) is 4.54. The predicted octanol–water partition coefficient (Wildman–Crippen LogP) is 3.09. The summed E-state index contributed by atoms with van der Waals surface area (Å²) in [5, 5.41) is 1.91. The first kappa shape index (κ1) is 10.9. The molecule has 1 heterocycles. The van der Waals surface area contributed by atoms with E-state index in [9.17, 15) is 0 Å². The summed E-state index contributed by atoms with van der Waals surface area (Å²) in [5.41, 5.74) is 6.59. The molecule has 0 radical (unpaired) electrons. The second kappa shape index (κ2) is 4.47. The summed E-state index contributed by atoms with van der Waals surface area (Å²) >= 11 is 7.76. The Labute approximate surface area is 98.1 Å². The highest BCUT2D eigenvalue weighted by atomic mass is 35.5. The molecule has 4 heteroatoms. The molecule has 1 unspecified atom stereocenters. The lowest BCUT2D eigenvalue weighted by Gasteiger charge is -2.03. The Morgan fingerprint density at radius 3 is 3.00 bits per heavy atom. The minimum absolute atomic E-state index is 0.476. The van der Waals surface area contributed by atoms with E-state index >= 15 is 0 Å². The van der Waals surface area contributed by atoms with Gasteiger partial charge in [-0.05, 0) is 24.6 Å². The summed E-state index contributed by atoms with van der Waals surface area (Å²) in [5.74, 6) is 0.476. The average Bonchev–Trinajstić information content (AvgIpc) is 2.62. The molecule has 0 aliphatic rings. The van der Waals surface area contributed by atoms with Crippen LogP contribution in [0.4, 0.5) is 0 Å². The van der Waals surface area contributed by atoms with Crippen LogP contribution in [0, 0.1) is 5.92 Å². The van der Waals surface area contributed by atoms with Gasteiger partial charge in [-0.3, -0.25) is 0 Å². The van der Waals surface area contributed by atoms with E-state index in [1.807, 2.05) is 18.2 Å². The lowest BCUT2D eigenvalue weighted by Crippen LogP contribution is -2.12. The zero-order valence-corrected chi connectivity index (χ0v) is 10.1. The van der Waals surface area contributed by atoms with Crippen molar-refractivity contribution in [1.29, 1.82) is 0 Å². The Morgan fingerprint density at radius 2 is 2.33 bits per heavy atom. The average molecular weight is 241 g/mol. The third kappa shape index (κ3) is 2.30. The largest absolute Gasteiger partial charge is 0.330 e. The number of nitrogens with zero attached hydrogens (tertiary/aromatic N) is 1. The molecule has 0 saturated heterocycles. The zero-order valence-electron chi connectivity index (χ0n) is 8.53. The molecule has 1 aromatic carbocycles. The fourth-order valence-corrected chi connectivity index (χ4v) is 2.85. The first-order chi connectivity index (χ1) is 7.20. The molecular weight excluding hydrogens is 228 g/mol. The van der Waals surface area contributed by atoms with Crippen LogP contribution in [0.5, 0.6) is 0 Å². The first-order valence-electron chi connectivity index (χ1n) is 4.94. The van der Waals surface area contributed by atoms with Gasteiger partial charge in [-0.25, -0.2) is 4.98 Å². The Bertz CT molecular complexity index is 467. The van der Waals surface area contributed by atoms with Crippen LogP contribution in [0.3, 0.4) is 0 Å². The zero-order chi connectivity index (χ0) is 10.8. The summed E-state index contributed by atoms with van der Waals surface area (Å²) in [7, 11) is 0. The Morgan fingerprint density at radius 1 is 1.53 bits per heavy atom. The number of aromatic nitrogens is 1. The second-order valence-electron chi connectivity index (χ2n) is 3.74. The standard InChI is InChI=1S/C11H13ClN2S/c1-7(6-13)5-10-14-9-4-2-3-8(12)11(9)15-10/h2-4,7H,5-6,13H2,1H3. The predicted molar refractivity (Wildman–Crippen MR) is 66.6 cm³/mol. The number of fused-ring (bicyclic) bond motifs is 1. The van der Waals surface area contributed by atoms with Gasteiger partial charge in [-0.1, -0.05) is 24.6 Å². The van der Waals surface area contributed by atoms with E-state index in [0.29, 0.717) is 12.5 Å². The minimum Gasteiger partial charge on any atom is -0.330 e. The van der Waals surface area contributed by atoms with Crippen LogP contribution in [0.2, 0.25) is 5.02 Å². The maximum absolute atomic E-state index is 6.09. The molecule has 0 fully saturated rings. The molecule has 1 atom stereocenters. The molecule has 1 aromatic heterocycles. The van der Waals surface area contributed by atoms with Crippen LogP contribution in [-0.2, 0) is 6.42 Å². The summed E-state index contributed by atoms with van der Waals surface area (Å²) < 4.78 is 1.08. The fourth-order valence-electron chi connectivity index (χ4n) is 1.43. The molecular formula is C11H13ClN2S. The highest BCUT2D eigenvalue weighted by Gasteiger charge is 2.09. The Balaban J connectivity index is 2.35. The van der Waals surface area contributed by atoms with Gasteiger partial charge in [-0.15, -0.1) is 11.3 Å². The van der Waals surface area contributed by atoms with E-state index in [1.165, 1.54) is 0 Å². The van der Waals surface area contributed by atoms with E-state index in [-0.39, 0.29) is 0 Å². The number of nitrogens with two attached hydrogens (primary N) is 1. The first-order valence-corrected chi connectivity index (χ1v) is 6.14. The minimum atomic E-state index is 0.476. The molecule has 2 aromatic rings. The molecule has 2 N–H and O–H groups in total. The van der Waals surface area contributed by atoms with Crippen molar-refractivity contribution in [2.45, 2.75) is 13.3 Å². The van der Waals surface area contributed by atoms with Gasteiger partial charge in [0.2, 0.25) is 0 Å². The molecule has 15 heavy (non-hydrogen) atoms. The van der Waals surface area contributed by atoms with Crippen molar-refractivity contribution < 1.29 is 0 Å². The van der Waals surface area contributed by atoms with E-state index in [4.69, 9.17) is 17.3 Å². The third-order valence-electron chi connectivity index (χ3n) is 2.34. The molecule has 0 aliphatic heterocycles. The third-order valence-corrected chi connectivity index (χ3v) is 3.89. The summed E-state index contributed by atoms with van der Waals surface area (Å²) in [6.07, 6.45) is 0.937. The van der Waals surface area contributed by atoms with Gasteiger partial charge in [0, 0.05) is 6.42 Å². The van der Waals surface area contributed by atoms with Gasteiger partial charge in [0.1, 0.15) is 0 Å². The topological polar surface area (TPSA) is 38.9 Å². The molecule has 80 valence electrons. The molecule has 0 aliphatic carbocycles. The monoisotopic (exact) mass is 240 g/mol. The van der Waals surface area contributed by atoms with Crippen LogP contribution in [0.1, 0.15) is 11.9 Å². The van der Waals surface area contributed by atoms with Crippen molar-refractivity contribution in [3.8, 4) is 0 Å². The van der Waals surface area contributed by atoms with Crippen molar-refractivity contribution in [2.24, 2.45) is 11.7 Å². The maximum Gasteiger partial charge on any atom is 0.0942 e. The SMILES string of the molecule is CC(CN)Cc1nc2cccc(Cl)c2s1. The Hall–Kier alpha value is -0.640. The molecule has 2 rings (SSSR count). The fraction of sp³-hybridized carbons (Fsp3) is 0.364. The van der Waals surface area contributed by atoms with Crippen LogP contribution < -0.4 is 5.73 Å². The number of hydrogen-bond donors (Lipinski definition) is 1. The number of rotatable bonds is 3. The summed E-state index contributed by atoms with van der Waals surface area (Å²) in [6.45, 7) is 2.83. The summed E-state index contributed by atoms with van der Waals surface area (Å²) in [6, 6.07) is 5.83. The van der Waals surface area contributed by atoms with Gasteiger partial charge >= 0.3 is 0 Å². The van der Waals surface area contributed by atoms with Crippen LogP contribution in [0.25, 0.3) is 10.2 Å². The van der Waals surface area contributed by atoms with Gasteiger partial charge in [0.25, 0.3) is 0 Å². The van der Waals surface area contributed by atoms with Crippen LogP contribution in [-0.4, -0.2) is 11.5 Å². The van der Waals surface area contributed by atoms with E-state index in [0.717, 1.165) is 26.7 Å². The van der Waals surface area contributed by atoms with Gasteiger partial charge in [0.15, 0.2) is 0 Å². The van der Waals surface area contributed by atoms with Gasteiger partial charge in [-0.2, -0.15) is 0 Å².